The van der Waals surface area contributed by atoms with Crippen molar-refractivity contribution in [3.63, 3.8) is 0 Å². The summed E-state index contributed by atoms with van der Waals surface area (Å²) < 4.78 is 6.20. The molecule has 0 aromatic carbocycles. The van der Waals surface area contributed by atoms with E-state index in [1.54, 1.807) is 5.57 Å². The van der Waals surface area contributed by atoms with Crippen LogP contribution in [0.3, 0.4) is 0 Å². The van der Waals surface area contributed by atoms with Gasteiger partial charge < -0.3 is 14.9 Å². The van der Waals surface area contributed by atoms with Gasteiger partial charge in [-0.05, 0) is 97.2 Å². The first-order valence-electron chi connectivity index (χ1n) is 14.2. The van der Waals surface area contributed by atoms with Gasteiger partial charge in [-0.2, -0.15) is 0 Å². The van der Waals surface area contributed by atoms with Gasteiger partial charge in [0.05, 0.1) is 18.8 Å². The van der Waals surface area contributed by atoms with Crippen molar-refractivity contribution < 1.29 is 14.9 Å². The van der Waals surface area contributed by atoms with Gasteiger partial charge >= 0.3 is 0 Å². The molecule has 3 nitrogen and oxygen atoms in total. The van der Waals surface area contributed by atoms with E-state index in [0.29, 0.717) is 29.3 Å². The Morgan fingerprint density at radius 1 is 0.882 bits per heavy atom. The van der Waals surface area contributed by atoms with E-state index in [1.807, 2.05) is 7.11 Å². The minimum Gasteiger partial charge on any atom is -0.396 e. The van der Waals surface area contributed by atoms with Gasteiger partial charge in [-0.1, -0.05) is 60.1 Å². The van der Waals surface area contributed by atoms with Gasteiger partial charge in [0.2, 0.25) is 0 Å². The van der Waals surface area contributed by atoms with Crippen LogP contribution in [0.15, 0.2) is 11.6 Å². The smallest absolute Gasteiger partial charge is 0.0635 e. The van der Waals surface area contributed by atoms with Crippen LogP contribution in [0.5, 0.6) is 0 Å². The Bertz CT molecular complexity index is 863. The Kier molecular flexibility index (Phi) is 5.63. The Morgan fingerprint density at radius 3 is 2.24 bits per heavy atom. The molecule has 10 atom stereocenters. The molecule has 34 heavy (non-hydrogen) atoms. The van der Waals surface area contributed by atoms with Crippen LogP contribution in [-0.4, -0.2) is 36.1 Å². The first-order chi connectivity index (χ1) is 15.7. The fourth-order valence-corrected chi connectivity index (χ4v) is 11.0. The zero-order valence-corrected chi connectivity index (χ0v) is 23.3. The summed E-state index contributed by atoms with van der Waals surface area (Å²) in [7, 11) is 1.94. The summed E-state index contributed by atoms with van der Waals surface area (Å²) in [6.45, 7) is 17.5. The highest BCUT2D eigenvalue weighted by Gasteiger charge is 2.69. The lowest BCUT2D eigenvalue weighted by Gasteiger charge is -2.71. The van der Waals surface area contributed by atoms with Crippen LogP contribution in [0.2, 0.25) is 0 Å². The molecule has 0 spiro atoms. The molecule has 0 radical (unpaired) electrons. The molecular formula is C31H52O3. The number of aliphatic hydroxyl groups is 2. The normalized spacial score (nSPS) is 56.4. The highest BCUT2D eigenvalue weighted by molar-refractivity contribution is 5.34. The van der Waals surface area contributed by atoms with Gasteiger partial charge in [-0.25, -0.2) is 0 Å². The van der Waals surface area contributed by atoms with E-state index in [1.165, 1.54) is 32.1 Å². The fraction of sp³-hybridized carbons (Fsp3) is 0.935. The lowest BCUT2D eigenvalue weighted by Crippen LogP contribution is -2.66. The van der Waals surface area contributed by atoms with Crippen molar-refractivity contribution >= 4 is 0 Å². The zero-order chi connectivity index (χ0) is 24.9. The zero-order valence-electron chi connectivity index (χ0n) is 23.3. The number of methoxy groups -OCH3 is 1. The van der Waals surface area contributed by atoms with Gasteiger partial charge in [0.1, 0.15) is 0 Å². The molecule has 4 saturated carbocycles. The molecule has 5 aliphatic carbocycles. The fourth-order valence-electron chi connectivity index (χ4n) is 11.0. The number of allylic oxidation sites excluding steroid dienone is 2. The first-order valence-corrected chi connectivity index (χ1v) is 14.2. The van der Waals surface area contributed by atoms with Gasteiger partial charge in [0.25, 0.3) is 0 Å². The predicted molar refractivity (Wildman–Crippen MR) is 138 cm³/mol. The minimum atomic E-state index is -0.379. The predicted octanol–water partition coefficient (Wildman–Crippen LogP) is 6.77. The summed E-state index contributed by atoms with van der Waals surface area (Å²) in [5.41, 5.74) is 2.62. The largest absolute Gasteiger partial charge is 0.396 e. The maximum absolute atomic E-state index is 11.0. The van der Waals surface area contributed by atoms with Crippen molar-refractivity contribution in [3.8, 4) is 0 Å². The lowest BCUT2D eigenvalue weighted by molar-refractivity contribution is -0.219. The molecule has 0 bridgehead atoms. The second-order valence-electron chi connectivity index (χ2n) is 15.4. The molecule has 0 unspecified atom stereocenters. The Hall–Kier alpha value is -0.380. The van der Waals surface area contributed by atoms with Crippen molar-refractivity contribution in [1.82, 2.24) is 0 Å². The van der Waals surface area contributed by atoms with Crippen LogP contribution in [0, 0.1) is 50.2 Å². The third-order valence-electron chi connectivity index (χ3n) is 13.5. The molecule has 0 aliphatic heterocycles. The van der Waals surface area contributed by atoms with E-state index in [2.05, 4.69) is 54.5 Å². The Labute approximate surface area is 209 Å². The summed E-state index contributed by atoms with van der Waals surface area (Å²) in [6, 6.07) is 0. The van der Waals surface area contributed by atoms with Crippen LogP contribution in [0.4, 0.5) is 0 Å². The second kappa shape index (κ2) is 7.57. The molecule has 4 fully saturated rings. The van der Waals surface area contributed by atoms with Gasteiger partial charge in [-0.3, -0.25) is 0 Å². The quantitative estimate of drug-likeness (QED) is 0.436. The monoisotopic (exact) mass is 472 g/mol. The molecule has 0 heterocycles. The number of fused-ring (bicyclic) bond motifs is 7. The molecular weight excluding hydrogens is 420 g/mol. The van der Waals surface area contributed by atoms with E-state index in [-0.39, 0.29) is 39.8 Å². The van der Waals surface area contributed by atoms with Crippen molar-refractivity contribution in [2.75, 3.05) is 13.7 Å². The average molecular weight is 473 g/mol. The van der Waals surface area contributed by atoms with E-state index >= 15 is 0 Å². The average Bonchev–Trinajstić information content (AvgIpc) is 2.77. The number of aliphatic hydroxyl groups excluding tert-OH is 2. The summed E-state index contributed by atoms with van der Waals surface area (Å²) in [4.78, 5) is 0. The summed E-state index contributed by atoms with van der Waals surface area (Å²) in [5.74, 6) is 1.62. The van der Waals surface area contributed by atoms with Crippen LogP contribution in [-0.2, 0) is 4.74 Å². The van der Waals surface area contributed by atoms with Crippen molar-refractivity contribution in [3.05, 3.63) is 11.6 Å². The number of hydrogen-bond acceptors (Lipinski definition) is 3. The molecule has 5 rings (SSSR count). The molecule has 194 valence electrons. The molecule has 0 aromatic heterocycles. The van der Waals surface area contributed by atoms with Gasteiger partial charge in [0.15, 0.2) is 0 Å². The maximum atomic E-state index is 11.0. The Morgan fingerprint density at radius 2 is 1.59 bits per heavy atom. The number of ether oxygens (including phenoxy) is 1. The molecule has 2 N–H and O–H groups in total. The lowest BCUT2D eigenvalue weighted by atomic mass is 9.33. The van der Waals surface area contributed by atoms with Crippen molar-refractivity contribution in [2.24, 2.45) is 50.2 Å². The standard InChI is InChI=1S/C31H52O3/c1-26(2)17-21-20-9-10-23-28(4)13-12-24(33)29(5,19-32)22(28)11-14-31(23,7)30(20,6)16-15-27(21,3)25(18-26)34-8/h9,21-25,32-33H,10-19H2,1-8H3/t21-,22+,23+,24-,25+,27+,28-,29+,30+,31+/m0/s1. The topological polar surface area (TPSA) is 49.7 Å². The summed E-state index contributed by atoms with van der Waals surface area (Å²) in [5, 5.41) is 21.4. The second-order valence-corrected chi connectivity index (χ2v) is 15.4. The van der Waals surface area contributed by atoms with Crippen LogP contribution in [0.1, 0.15) is 106 Å². The third kappa shape index (κ3) is 2.99. The van der Waals surface area contributed by atoms with E-state index < -0.39 is 0 Å². The summed E-state index contributed by atoms with van der Waals surface area (Å²) in [6.07, 6.45) is 13.1. The van der Waals surface area contributed by atoms with Crippen LogP contribution < -0.4 is 0 Å². The highest BCUT2D eigenvalue weighted by atomic mass is 16.5. The molecule has 0 amide bonds. The van der Waals surface area contributed by atoms with E-state index in [0.717, 1.165) is 25.7 Å². The molecule has 0 aromatic rings. The first kappa shape index (κ1) is 25.3. The summed E-state index contributed by atoms with van der Waals surface area (Å²) >= 11 is 0. The van der Waals surface area contributed by atoms with Crippen LogP contribution in [0.25, 0.3) is 0 Å². The van der Waals surface area contributed by atoms with Gasteiger partial charge in [0, 0.05) is 17.9 Å². The number of hydrogen-bond donors (Lipinski definition) is 2. The van der Waals surface area contributed by atoms with Crippen molar-refractivity contribution in [2.45, 2.75) is 118 Å². The van der Waals surface area contributed by atoms with Crippen molar-refractivity contribution in [1.29, 1.82) is 0 Å². The number of rotatable bonds is 2. The molecule has 0 saturated heterocycles. The van der Waals surface area contributed by atoms with Gasteiger partial charge in [-0.15, -0.1) is 0 Å². The highest BCUT2D eigenvalue weighted by Crippen LogP contribution is 2.75. The van der Waals surface area contributed by atoms with Crippen LogP contribution >= 0.6 is 0 Å². The maximum Gasteiger partial charge on any atom is 0.0635 e. The van der Waals surface area contributed by atoms with E-state index in [9.17, 15) is 10.2 Å². The molecule has 3 heteroatoms. The van der Waals surface area contributed by atoms with E-state index in [4.69, 9.17) is 4.74 Å². The minimum absolute atomic E-state index is 0.101. The third-order valence-corrected chi connectivity index (χ3v) is 13.5. The SMILES string of the molecule is CO[C@@H]1CC(C)(C)C[C@H]2C3=CC[C@@H]4[C@@]5(C)CC[C@H](O)[C@](C)(CO)[C@@H]5CC[C@@]4(C)[C@]3(C)CC[C@@]12C. The Balaban J connectivity index is 1.58. The molecule has 5 aliphatic rings.